The fraction of sp³-hybridized carbons (Fsp3) is 0.286. The van der Waals surface area contributed by atoms with Crippen LogP contribution in [0.4, 0.5) is 0 Å². The largest absolute Gasteiger partial charge is 0.490 e. The third-order valence-corrected chi connectivity index (χ3v) is 4.46. The third-order valence-electron chi connectivity index (χ3n) is 2.71. The zero-order chi connectivity index (χ0) is 14.5. The zero-order valence-corrected chi connectivity index (χ0v) is 14.7. The molecule has 2 rings (SSSR count). The van der Waals surface area contributed by atoms with E-state index in [1.54, 1.807) is 13.4 Å². The molecule has 2 aromatic rings. The standard InChI is InChI=1S/C14H13Br2ClO3/c1-18-6-7-19-12-3-2-9(8-11(12)15)13(17)10-4-5-20-14(10)16/h2-5,8,13H,6-7H2,1H3. The van der Waals surface area contributed by atoms with Gasteiger partial charge in [0.05, 0.1) is 22.7 Å². The molecule has 6 heteroatoms. The average molecular weight is 425 g/mol. The summed E-state index contributed by atoms with van der Waals surface area (Å²) in [5.74, 6) is 0.765. The Bertz CT molecular complexity index is 571. The lowest BCUT2D eigenvalue weighted by atomic mass is 10.1. The molecular weight excluding hydrogens is 411 g/mol. The highest BCUT2D eigenvalue weighted by atomic mass is 79.9. The van der Waals surface area contributed by atoms with Gasteiger partial charge in [-0.1, -0.05) is 6.07 Å². The van der Waals surface area contributed by atoms with Crippen LogP contribution >= 0.6 is 43.5 Å². The second kappa shape index (κ2) is 7.50. The maximum atomic E-state index is 6.46. The Morgan fingerprint density at radius 3 is 2.65 bits per heavy atom. The summed E-state index contributed by atoms with van der Waals surface area (Å²) in [6.45, 7) is 1.06. The molecular formula is C14H13Br2ClO3. The van der Waals surface area contributed by atoms with Crippen LogP contribution in [0.25, 0.3) is 0 Å². The van der Waals surface area contributed by atoms with Gasteiger partial charge in [-0.25, -0.2) is 0 Å². The molecule has 1 heterocycles. The number of halogens is 3. The monoisotopic (exact) mass is 422 g/mol. The minimum Gasteiger partial charge on any atom is -0.490 e. The maximum Gasteiger partial charge on any atom is 0.173 e. The van der Waals surface area contributed by atoms with E-state index in [0.717, 1.165) is 21.3 Å². The molecule has 1 atom stereocenters. The predicted molar refractivity (Wildman–Crippen MR) is 85.6 cm³/mol. The number of rotatable bonds is 6. The predicted octanol–water partition coefficient (Wildman–Crippen LogP) is 5.16. The first-order valence-corrected chi connectivity index (χ1v) is 7.94. The van der Waals surface area contributed by atoms with Crippen molar-refractivity contribution in [2.45, 2.75) is 5.38 Å². The molecule has 1 aromatic carbocycles. The van der Waals surface area contributed by atoms with Crippen molar-refractivity contribution in [1.29, 1.82) is 0 Å². The van der Waals surface area contributed by atoms with Gasteiger partial charge in [0.25, 0.3) is 0 Å². The van der Waals surface area contributed by atoms with E-state index in [0.29, 0.717) is 17.9 Å². The number of alkyl halides is 1. The molecule has 20 heavy (non-hydrogen) atoms. The van der Waals surface area contributed by atoms with Crippen LogP contribution in [-0.2, 0) is 4.74 Å². The molecule has 0 radical (unpaired) electrons. The summed E-state index contributed by atoms with van der Waals surface area (Å²) in [6.07, 6.45) is 1.60. The molecule has 108 valence electrons. The lowest BCUT2D eigenvalue weighted by molar-refractivity contribution is 0.146. The molecule has 0 bridgehead atoms. The van der Waals surface area contributed by atoms with Crippen LogP contribution in [0.1, 0.15) is 16.5 Å². The van der Waals surface area contributed by atoms with Crippen LogP contribution in [0.5, 0.6) is 5.75 Å². The first-order valence-electron chi connectivity index (χ1n) is 5.91. The first kappa shape index (κ1) is 15.9. The van der Waals surface area contributed by atoms with Gasteiger partial charge in [-0.2, -0.15) is 0 Å². The van der Waals surface area contributed by atoms with E-state index in [2.05, 4.69) is 31.9 Å². The number of methoxy groups -OCH3 is 1. The van der Waals surface area contributed by atoms with Crippen molar-refractivity contribution < 1.29 is 13.9 Å². The maximum absolute atomic E-state index is 6.46. The molecule has 0 aliphatic heterocycles. The number of hydrogen-bond donors (Lipinski definition) is 0. The lowest BCUT2D eigenvalue weighted by Gasteiger charge is -2.12. The summed E-state index contributed by atoms with van der Waals surface area (Å²) in [7, 11) is 1.64. The van der Waals surface area contributed by atoms with Gasteiger partial charge in [-0.05, 0) is 55.6 Å². The number of benzene rings is 1. The van der Waals surface area contributed by atoms with Gasteiger partial charge in [0.15, 0.2) is 4.67 Å². The van der Waals surface area contributed by atoms with E-state index < -0.39 is 0 Å². The van der Waals surface area contributed by atoms with E-state index in [1.165, 1.54) is 0 Å². The highest BCUT2D eigenvalue weighted by Crippen LogP contribution is 2.37. The molecule has 1 unspecified atom stereocenters. The van der Waals surface area contributed by atoms with E-state index in [4.69, 9.17) is 25.5 Å². The quantitative estimate of drug-likeness (QED) is 0.474. The molecule has 0 aliphatic rings. The van der Waals surface area contributed by atoms with Gasteiger partial charge in [-0.15, -0.1) is 11.6 Å². The van der Waals surface area contributed by atoms with Gasteiger partial charge >= 0.3 is 0 Å². The Morgan fingerprint density at radius 2 is 2.05 bits per heavy atom. The highest BCUT2D eigenvalue weighted by Gasteiger charge is 2.17. The van der Waals surface area contributed by atoms with E-state index in [-0.39, 0.29) is 5.38 Å². The fourth-order valence-electron chi connectivity index (χ4n) is 1.69. The molecule has 0 saturated heterocycles. The van der Waals surface area contributed by atoms with Crippen LogP contribution in [0, 0.1) is 0 Å². The van der Waals surface area contributed by atoms with Crippen molar-refractivity contribution in [1.82, 2.24) is 0 Å². The van der Waals surface area contributed by atoms with Crippen LogP contribution < -0.4 is 4.74 Å². The molecule has 0 saturated carbocycles. The molecule has 0 amide bonds. The first-order chi connectivity index (χ1) is 9.63. The summed E-state index contributed by atoms with van der Waals surface area (Å²) >= 11 is 13.3. The van der Waals surface area contributed by atoms with Crippen molar-refractivity contribution in [2.24, 2.45) is 0 Å². The number of hydrogen-bond acceptors (Lipinski definition) is 3. The Hall–Kier alpha value is -0.490. The summed E-state index contributed by atoms with van der Waals surface area (Å²) in [5, 5.41) is -0.285. The highest BCUT2D eigenvalue weighted by molar-refractivity contribution is 9.10. The summed E-state index contributed by atoms with van der Waals surface area (Å²) in [5.41, 5.74) is 1.85. The van der Waals surface area contributed by atoms with Gasteiger partial charge < -0.3 is 13.9 Å². The van der Waals surface area contributed by atoms with Crippen LogP contribution in [0.3, 0.4) is 0 Å². The Balaban J connectivity index is 2.14. The molecule has 1 aromatic heterocycles. The molecule has 3 nitrogen and oxygen atoms in total. The topological polar surface area (TPSA) is 31.6 Å². The van der Waals surface area contributed by atoms with Gasteiger partial charge in [-0.3, -0.25) is 0 Å². The van der Waals surface area contributed by atoms with Crippen molar-refractivity contribution in [2.75, 3.05) is 20.3 Å². The van der Waals surface area contributed by atoms with Crippen LogP contribution in [0.15, 0.2) is 44.1 Å². The third kappa shape index (κ3) is 3.79. The van der Waals surface area contributed by atoms with Gasteiger partial charge in [0.2, 0.25) is 0 Å². The minimum atomic E-state index is -0.285. The average Bonchev–Trinajstić information content (AvgIpc) is 2.86. The SMILES string of the molecule is COCCOc1ccc(C(Cl)c2ccoc2Br)cc1Br. The lowest BCUT2D eigenvalue weighted by Crippen LogP contribution is -2.05. The van der Waals surface area contributed by atoms with Crippen molar-refractivity contribution in [3.8, 4) is 5.75 Å². The number of ether oxygens (including phenoxy) is 2. The second-order valence-corrected chi connectivity index (χ2v) is 6.05. The summed E-state index contributed by atoms with van der Waals surface area (Å²) in [4.78, 5) is 0. The normalized spacial score (nSPS) is 12.4. The molecule has 0 fully saturated rings. The summed E-state index contributed by atoms with van der Waals surface area (Å²) in [6, 6.07) is 7.61. The minimum absolute atomic E-state index is 0.285. The van der Waals surface area contributed by atoms with Gasteiger partial charge in [0, 0.05) is 12.7 Å². The van der Waals surface area contributed by atoms with Crippen molar-refractivity contribution in [3.63, 3.8) is 0 Å². The summed E-state index contributed by atoms with van der Waals surface area (Å²) < 4.78 is 17.2. The molecule has 0 spiro atoms. The van der Waals surface area contributed by atoms with Crippen molar-refractivity contribution >= 4 is 43.5 Å². The zero-order valence-electron chi connectivity index (χ0n) is 10.7. The van der Waals surface area contributed by atoms with E-state index in [1.807, 2.05) is 24.3 Å². The van der Waals surface area contributed by atoms with Crippen LogP contribution in [0.2, 0.25) is 0 Å². The van der Waals surface area contributed by atoms with Crippen molar-refractivity contribution in [3.05, 3.63) is 50.8 Å². The Morgan fingerprint density at radius 1 is 1.25 bits per heavy atom. The van der Waals surface area contributed by atoms with Gasteiger partial charge in [0.1, 0.15) is 12.4 Å². The Labute approximate surface area is 139 Å². The van der Waals surface area contributed by atoms with E-state index in [9.17, 15) is 0 Å². The second-order valence-electron chi connectivity index (χ2n) is 4.04. The number of furan rings is 1. The van der Waals surface area contributed by atoms with Crippen LogP contribution in [-0.4, -0.2) is 20.3 Å². The molecule has 0 aliphatic carbocycles. The Kier molecular flexibility index (Phi) is 5.96. The molecule has 0 N–H and O–H groups in total. The fourth-order valence-corrected chi connectivity index (χ4v) is 3.11. The smallest absolute Gasteiger partial charge is 0.173 e. The van der Waals surface area contributed by atoms with E-state index >= 15 is 0 Å².